The predicted octanol–water partition coefficient (Wildman–Crippen LogP) is 4.06. The van der Waals surface area contributed by atoms with E-state index in [9.17, 15) is 14.7 Å². The largest absolute Gasteiger partial charge is 0.508 e. The molecule has 0 aliphatic carbocycles. The van der Waals surface area contributed by atoms with Crippen molar-refractivity contribution in [2.45, 2.75) is 26.0 Å². The van der Waals surface area contributed by atoms with Gasteiger partial charge >= 0.3 is 0 Å². The van der Waals surface area contributed by atoms with Gasteiger partial charge in [-0.2, -0.15) is 0 Å². The van der Waals surface area contributed by atoms with E-state index in [0.29, 0.717) is 16.9 Å². The first-order chi connectivity index (χ1) is 15.0. The molecule has 0 radical (unpaired) electrons. The van der Waals surface area contributed by atoms with Crippen molar-refractivity contribution in [1.82, 2.24) is 0 Å². The number of amides is 2. The van der Waals surface area contributed by atoms with Crippen LogP contribution in [0.3, 0.4) is 0 Å². The molecule has 6 heteroatoms. The molecule has 2 amide bonds. The number of rotatable bonds is 3. The minimum absolute atomic E-state index is 0.0582. The van der Waals surface area contributed by atoms with Gasteiger partial charge in [0, 0.05) is 5.56 Å². The molecule has 5 rings (SSSR count). The summed E-state index contributed by atoms with van der Waals surface area (Å²) in [4.78, 5) is 34.3. The molecule has 0 unspecified atom stereocenters. The van der Waals surface area contributed by atoms with Crippen molar-refractivity contribution in [1.29, 1.82) is 0 Å². The number of para-hydroxylation sites is 2. The Kier molecular flexibility index (Phi) is 4.52. The maximum Gasteiger partial charge on any atom is 0.266 e. The third-order valence-corrected chi connectivity index (χ3v) is 5.97. The monoisotopic (exact) mass is 414 g/mol. The first-order valence-electron chi connectivity index (χ1n) is 10.2. The summed E-state index contributed by atoms with van der Waals surface area (Å²) in [5.74, 6) is -1.43. The topological polar surface area (TPSA) is 70.1 Å². The lowest BCUT2D eigenvalue weighted by atomic mass is 9.90. The fourth-order valence-corrected chi connectivity index (χ4v) is 4.56. The van der Waals surface area contributed by atoms with Gasteiger partial charge in [-0.05, 0) is 43.7 Å². The number of carbonyl (C=O) groups excluding carboxylic acids is 2. The van der Waals surface area contributed by atoms with Crippen molar-refractivity contribution in [3.8, 4) is 5.75 Å². The van der Waals surface area contributed by atoms with Crippen LogP contribution in [0.15, 0.2) is 72.8 Å². The van der Waals surface area contributed by atoms with Crippen LogP contribution in [0, 0.1) is 19.8 Å². The van der Waals surface area contributed by atoms with Gasteiger partial charge in [-0.1, -0.05) is 54.1 Å². The van der Waals surface area contributed by atoms with Gasteiger partial charge in [-0.25, -0.2) is 9.96 Å². The number of aromatic hydroxyl groups is 1. The van der Waals surface area contributed by atoms with E-state index in [1.54, 1.807) is 35.4 Å². The summed E-state index contributed by atoms with van der Waals surface area (Å²) in [6, 6.07) is 21.2. The molecular formula is C25H22N2O4. The summed E-state index contributed by atoms with van der Waals surface area (Å²) < 4.78 is 0. The summed E-state index contributed by atoms with van der Waals surface area (Å²) in [6.07, 6.45) is -0.960. The van der Waals surface area contributed by atoms with Gasteiger partial charge in [0.2, 0.25) is 5.91 Å². The van der Waals surface area contributed by atoms with E-state index in [1.807, 2.05) is 56.3 Å². The number of phenolic OH excluding ortho intramolecular Hbond substituents is 1. The average molecular weight is 414 g/mol. The van der Waals surface area contributed by atoms with Gasteiger partial charge < -0.3 is 5.11 Å². The summed E-state index contributed by atoms with van der Waals surface area (Å²) in [5, 5.41) is 12.2. The van der Waals surface area contributed by atoms with Gasteiger partial charge in [0.15, 0.2) is 6.10 Å². The van der Waals surface area contributed by atoms with E-state index in [0.717, 1.165) is 11.1 Å². The lowest BCUT2D eigenvalue weighted by Gasteiger charge is -2.29. The molecule has 1 N–H and O–H groups in total. The zero-order chi connectivity index (χ0) is 21.7. The van der Waals surface area contributed by atoms with Crippen molar-refractivity contribution in [2.75, 3.05) is 9.96 Å². The normalized spacial score (nSPS) is 22.8. The molecule has 3 aromatic carbocycles. The molecular weight excluding hydrogens is 392 g/mol. The summed E-state index contributed by atoms with van der Waals surface area (Å²) in [6.45, 7) is 3.85. The maximum atomic E-state index is 13.6. The number of hydrogen-bond donors (Lipinski definition) is 1. The van der Waals surface area contributed by atoms with Crippen LogP contribution in [-0.4, -0.2) is 23.0 Å². The first kappa shape index (κ1) is 19.3. The molecule has 0 aromatic heterocycles. The SMILES string of the molecule is Cc1ccc(N2C(=O)[C@H]3[C@@H](ON(c4ccccc4)[C@H]3c3ccccc3O)C2=O)c(C)c1. The Labute approximate surface area is 180 Å². The third-order valence-electron chi connectivity index (χ3n) is 5.97. The highest BCUT2D eigenvalue weighted by atomic mass is 16.7. The Morgan fingerprint density at radius 3 is 2.29 bits per heavy atom. The minimum atomic E-state index is -0.960. The van der Waals surface area contributed by atoms with Gasteiger partial charge in [-0.3, -0.25) is 14.4 Å². The van der Waals surface area contributed by atoms with Crippen molar-refractivity contribution in [3.63, 3.8) is 0 Å². The Morgan fingerprint density at radius 2 is 1.58 bits per heavy atom. The molecule has 3 atom stereocenters. The molecule has 31 heavy (non-hydrogen) atoms. The number of anilines is 2. The van der Waals surface area contributed by atoms with E-state index >= 15 is 0 Å². The molecule has 2 aliphatic rings. The van der Waals surface area contributed by atoms with Crippen LogP contribution in [-0.2, 0) is 14.4 Å². The molecule has 6 nitrogen and oxygen atoms in total. The van der Waals surface area contributed by atoms with Crippen LogP contribution in [0.2, 0.25) is 0 Å². The second-order valence-corrected chi connectivity index (χ2v) is 8.02. The number of hydroxylamine groups is 1. The Balaban J connectivity index is 1.61. The van der Waals surface area contributed by atoms with E-state index < -0.39 is 18.1 Å². The smallest absolute Gasteiger partial charge is 0.266 e. The van der Waals surface area contributed by atoms with Gasteiger partial charge in [0.25, 0.3) is 5.91 Å². The zero-order valence-corrected chi connectivity index (χ0v) is 17.2. The van der Waals surface area contributed by atoms with Crippen LogP contribution >= 0.6 is 0 Å². The lowest BCUT2D eigenvalue weighted by Crippen LogP contribution is -2.37. The number of nitrogens with zero attached hydrogens (tertiary/aromatic N) is 2. The molecule has 3 aromatic rings. The Bertz CT molecular complexity index is 1180. The van der Waals surface area contributed by atoms with E-state index in [4.69, 9.17) is 4.84 Å². The molecule has 156 valence electrons. The minimum Gasteiger partial charge on any atom is -0.508 e. The van der Waals surface area contributed by atoms with Crippen molar-refractivity contribution in [3.05, 3.63) is 89.5 Å². The number of carbonyl (C=O) groups is 2. The second kappa shape index (κ2) is 7.25. The maximum absolute atomic E-state index is 13.6. The third kappa shape index (κ3) is 2.99. The van der Waals surface area contributed by atoms with Crippen LogP contribution < -0.4 is 9.96 Å². The van der Waals surface area contributed by atoms with Gasteiger partial charge in [0.1, 0.15) is 11.7 Å². The molecule has 2 aliphatic heterocycles. The number of aryl methyl sites for hydroxylation is 2. The zero-order valence-electron chi connectivity index (χ0n) is 17.2. The van der Waals surface area contributed by atoms with Crippen molar-refractivity contribution < 1.29 is 19.5 Å². The molecule has 2 saturated heterocycles. The van der Waals surface area contributed by atoms with Crippen LogP contribution in [0.25, 0.3) is 0 Å². The average Bonchev–Trinajstić information content (AvgIpc) is 3.26. The number of imide groups is 1. The Morgan fingerprint density at radius 1 is 0.871 bits per heavy atom. The van der Waals surface area contributed by atoms with E-state index in [-0.39, 0.29) is 17.6 Å². The molecule has 0 bridgehead atoms. The van der Waals surface area contributed by atoms with Gasteiger partial charge in [-0.15, -0.1) is 0 Å². The highest BCUT2D eigenvalue weighted by Crippen LogP contribution is 2.49. The highest BCUT2D eigenvalue weighted by molar-refractivity contribution is 6.24. The number of benzene rings is 3. The first-order valence-corrected chi connectivity index (χ1v) is 10.2. The summed E-state index contributed by atoms with van der Waals surface area (Å²) in [5.41, 5.74) is 3.73. The van der Waals surface area contributed by atoms with Gasteiger partial charge in [0.05, 0.1) is 17.4 Å². The van der Waals surface area contributed by atoms with Crippen molar-refractivity contribution in [2.24, 2.45) is 5.92 Å². The van der Waals surface area contributed by atoms with Crippen LogP contribution in [0.1, 0.15) is 22.7 Å². The fourth-order valence-electron chi connectivity index (χ4n) is 4.56. The molecule has 0 saturated carbocycles. The van der Waals surface area contributed by atoms with Crippen LogP contribution in [0.4, 0.5) is 11.4 Å². The van der Waals surface area contributed by atoms with Crippen molar-refractivity contribution >= 4 is 23.2 Å². The molecule has 0 spiro atoms. The molecule has 2 heterocycles. The standard InChI is InChI=1S/C25H22N2O4/c1-15-12-13-19(16(2)14-15)26-24(29)21-22(18-10-6-7-11-20(18)28)27(31-23(21)25(26)30)17-8-4-3-5-9-17/h3-14,21-23,28H,1-2H3/t21-,22+,23-/m1/s1. The fraction of sp³-hybridized carbons (Fsp3) is 0.200. The van der Waals surface area contributed by atoms with Crippen LogP contribution in [0.5, 0.6) is 5.75 Å². The summed E-state index contributed by atoms with van der Waals surface area (Å²) >= 11 is 0. The number of phenols is 1. The summed E-state index contributed by atoms with van der Waals surface area (Å²) in [7, 11) is 0. The van der Waals surface area contributed by atoms with E-state index in [1.165, 1.54) is 4.90 Å². The second-order valence-electron chi connectivity index (χ2n) is 8.02. The predicted molar refractivity (Wildman–Crippen MR) is 117 cm³/mol. The number of fused-ring (bicyclic) bond motifs is 1. The number of hydrogen-bond acceptors (Lipinski definition) is 5. The quantitative estimate of drug-likeness (QED) is 0.655. The lowest BCUT2D eigenvalue weighted by molar-refractivity contribution is -0.126. The molecule has 2 fully saturated rings. The Hall–Kier alpha value is -3.64. The highest BCUT2D eigenvalue weighted by Gasteiger charge is 2.60. The van der Waals surface area contributed by atoms with E-state index in [2.05, 4.69) is 0 Å².